The van der Waals surface area contributed by atoms with Crippen LogP contribution in [0, 0.1) is 17.3 Å². The molecule has 1 spiro atoms. The van der Waals surface area contributed by atoms with E-state index >= 15 is 0 Å². The molecule has 0 radical (unpaired) electrons. The highest BCUT2D eigenvalue weighted by Gasteiger charge is 2.51. The second-order valence-electron chi connectivity index (χ2n) is 8.05. The van der Waals surface area contributed by atoms with Gasteiger partial charge in [-0.2, -0.15) is 0 Å². The van der Waals surface area contributed by atoms with Gasteiger partial charge < -0.3 is 10.1 Å². The van der Waals surface area contributed by atoms with Crippen molar-refractivity contribution in [2.24, 2.45) is 10.4 Å². The lowest BCUT2D eigenvalue weighted by atomic mass is 9.75. The summed E-state index contributed by atoms with van der Waals surface area (Å²) in [5.74, 6) is 8.99. The SMILES string of the molecule is CN=C1NC2CC(C#CCN3CCCCC3)=C(OC)C=C2C12CCCC2. The van der Waals surface area contributed by atoms with Gasteiger partial charge in [0.15, 0.2) is 0 Å². The number of hydrogen-bond acceptors (Lipinski definition) is 3. The molecule has 1 unspecified atom stereocenters. The van der Waals surface area contributed by atoms with Gasteiger partial charge >= 0.3 is 0 Å². The van der Waals surface area contributed by atoms with Crippen LogP contribution in [0.1, 0.15) is 51.4 Å². The third kappa shape index (κ3) is 3.07. The maximum Gasteiger partial charge on any atom is 0.130 e. The maximum absolute atomic E-state index is 5.75. The number of methoxy groups -OCH3 is 1. The minimum Gasteiger partial charge on any atom is -0.496 e. The number of allylic oxidation sites excluding steroid dienone is 1. The third-order valence-electron chi connectivity index (χ3n) is 6.58. The zero-order valence-electron chi connectivity index (χ0n) is 16.2. The van der Waals surface area contributed by atoms with E-state index in [9.17, 15) is 0 Å². The lowest BCUT2D eigenvalue weighted by molar-refractivity contribution is 0.255. The summed E-state index contributed by atoms with van der Waals surface area (Å²) in [5, 5.41) is 3.70. The number of ether oxygens (including phenoxy) is 1. The maximum atomic E-state index is 5.75. The lowest BCUT2D eigenvalue weighted by Gasteiger charge is -2.28. The van der Waals surface area contributed by atoms with Gasteiger partial charge in [0.2, 0.25) is 0 Å². The van der Waals surface area contributed by atoms with Crippen LogP contribution in [0.5, 0.6) is 0 Å². The third-order valence-corrected chi connectivity index (χ3v) is 6.58. The quantitative estimate of drug-likeness (QED) is 0.774. The molecular weight excluding hydrogens is 322 g/mol. The van der Waals surface area contributed by atoms with E-state index in [0.717, 1.165) is 24.3 Å². The molecule has 4 aliphatic rings. The number of amidine groups is 1. The summed E-state index contributed by atoms with van der Waals surface area (Å²) in [6, 6.07) is 0.338. The molecule has 0 aromatic heterocycles. The fraction of sp³-hybridized carbons (Fsp3) is 0.682. The van der Waals surface area contributed by atoms with Crippen LogP contribution in [0.15, 0.2) is 28.0 Å². The smallest absolute Gasteiger partial charge is 0.130 e. The van der Waals surface area contributed by atoms with Gasteiger partial charge in [-0.05, 0) is 50.4 Å². The highest BCUT2D eigenvalue weighted by Crippen LogP contribution is 2.52. The number of piperidine rings is 1. The van der Waals surface area contributed by atoms with E-state index in [2.05, 4.69) is 33.1 Å². The first kappa shape index (κ1) is 17.7. The first-order valence-corrected chi connectivity index (χ1v) is 10.2. The van der Waals surface area contributed by atoms with Crippen LogP contribution in [0.2, 0.25) is 0 Å². The minimum atomic E-state index is 0.135. The van der Waals surface area contributed by atoms with Gasteiger partial charge in [-0.25, -0.2) is 0 Å². The van der Waals surface area contributed by atoms with Gasteiger partial charge in [0.1, 0.15) is 11.6 Å². The Hall–Kier alpha value is -1.73. The standard InChI is InChI=1S/C22H31N3O/c1-23-21-22(10-4-5-11-22)18-16-20(26-2)17(15-19(18)24-21)9-8-14-25-12-6-3-7-13-25/h16,19H,3-7,10-15H2,1-2H3,(H,23,24). The Morgan fingerprint density at radius 1 is 1.23 bits per heavy atom. The van der Waals surface area contributed by atoms with Crippen molar-refractivity contribution < 1.29 is 4.74 Å². The van der Waals surface area contributed by atoms with Crippen molar-refractivity contribution >= 4 is 5.84 Å². The van der Waals surface area contributed by atoms with Crippen molar-refractivity contribution in [1.29, 1.82) is 0 Å². The molecule has 0 amide bonds. The normalized spacial score (nSPS) is 29.2. The molecule has 1 N–H and O–H groups in total. The van der Waals surface area contributed by atoms with E-state index < -0.39 is 0 Å². The largest absolute Gasteiger partial charge is 0.496 e. The molecule has 2 aliphatic carbocycles. The van der Waals surface area contributed by atoms with Gasteiger partial charge in [0, 0.05) is 19.0 Å². The number of rotatable bonds is 2. The Morgan fingerprint density at radius 2 is 2.00 bits per heavy atom. The second kappa shape index (κ2) is 7.48. The van der Waals surface area contributed by atoms with Gasteiger partial charge in [0.25, 0.3) is 0 Å². The topological polar surface area (TPSA) is 36.9 Å². The molecule has 2 heterocycles. The predicted octanol–water partition coefficient (Wildman–Crippen LogP) is 3.27. The highest BCUT2D eigenvalue weighted by atomic mass is 16.5. The number of hydrogen-bond donors (Lipinski definition) is 1. The van der Waals surface area contributed by atoms with E-state index in [1.807, 2.05) is 7.05 Å². The number of fused-ring (bicyclic) bond motifs is 2. The van der Waals surface area contributed by atoms with Crippen LogP contribution >= 0.6 is 0 Å². The summed E-state index contributed by atoms with van der Waals surface area (Å²) in [4.78, 5) is 7.08. The second-order valence-corrected chi connectivity index (χ2v) is 8.05. The minimum absolute atomic E-state index is 0.135. The molecule has 4 rings (SSSR count). The zero-order valence-corrected chi connectivity index (χ0v) is 16.2. The Bertz CT molecular complexity index is 695. The number of aliphatic imine (C=N–C) groups is 1. The van der Waals surface area contributed by atoms with Crippen LogP contribution in [0.25, 0.3) is 0 Å². The Labute approximate surface area is 157 Å². The van der Waals surface area contributed by atoms with Crippen molar-refractivity contribution in [3.63, 3.8) is 0 Å². The molecule has 0 aromatic rings. The van der Waals surface area contributed by atoms with Crippen LogP contribution in [-0.2, 0) is 4.74 Å². The summed E-state index contributed by atoms with van der Waals surface area (Å²) < 4.78 is 5.75. The van der Waals surface area contributed by atoms with Gasteiger partial charge in [0.05, 0.1) is 25.1 Å². The molecule has 140 valence electrons. The summed E-state index contributed by atoms with van der Waals surface area (Å²) in [7, 11) is 3.70. The molecule has 2 aliphatic heterocycles. The van der Waals surface area contributed by atoms with Crippen molar-refractivity contribution in [2.75, 3.05) is 33.8 Å². The molecule has 0 aromatic carbocycles. The van der Waals surface area contributed by atoms with Crippen LogP contribution in [0.4, 0.5) is 0 Å². The summed E-state index contributed by atoms with van der Waals surface area (Å²) in [5.41, 5.74) is 2.75. The monoisotopic (exact) mass is 353 g/mol. The predicted molar refractivity (Wildman–Crippen MR) is 106 cm³/mol. The fourth-order valence-corrected chi connectivity index (χ4v) is 5.24. The highest BCUT2D eigenvalue weighted by molar-refractivity contribution is 5.95. The molecule has 1 atom stereocenters. The molecule has 3 fully saturated rings. The van der Waals surface area contributed by atoms with Crippen LogP contribution in [-0.4, -0.2) is 50.6 Å². The first-order valence-electron chi connectivity index (χ1n) is 10.2. The Balaban J connectivity index is 1.56. The Morgan fingerprint density at radius 3 is 2.69 bits per heavy atom. The van der Waals surface area contributed by atoms with E-state index in [-0.39, 0.29) is 5.41 Å². The summed E-state index contributed by atoms with van der Waals surface area (Å²) in [6.07, 6.45) is 12.2. The molecule has 0 bridgehead atoms. The Kier molecular flexibility index (Phi) is 5.09. The summed E-state index contributed by atoms with van der Waals surface area (Å²) >= 11 is 0. The molecule has 2 saturated heterocycles. The first-order chi connectivity index (χ1) is 12.8. The summed E-state index contributed by atoms with van der Waals surface area (Å²) in [6.45, 7) is 3.26. The number of likely N-dealkylation sites (tertiary alicyclic amines) is 1. The van der Waals surface area contributed by atoms with Crippen LogP contribution in [0.3, 0.4) is 0 Å². The molecule has 4 nitrogen and oxygen atoms in total. The van der Waals surface area contributed by atoms with E-state index in [0.29, 0.717) is 6.04 Å². The lowest BCUT2D eigenvalue weighted by Crippen LogP contribution is -2.30. The van der Waals surface area contributed by atoms with Crippen molar-refractivity contribution in [1.82, 2.24) is 10.2 Å². The average Bonchev–Trinajstić information content (AvgIpc) is 3.28. The molecule has 4 heteroatoms. The van der Waals surface area contributed by atoms with Gasteiger partial charge in [-0.3, -0.25) is 9.89 Å². The van der Waals surface area contributed by atoms with Gasteiger partial charge in [-0.1, -0.05) is 31.1 Å². The van der Waals surface area contributed by atoms with E-state index in [1.165, 1.54) is 69.4 Å². The van der Waals surface area contributed by atoms with Gasteiger partial charge in [-0.15, -0.1) is 0 Å². The number of nitrogens with zero attached hydrogens (tertiary/aromatic N) is 2. The average molecular weight is 354 g/mol. The van der Waals surface area contributed by atoms with Crippen LogP contribution < -0.4 is 5.32 Å². The molecular formula is C22H31N3O. The van der Waals surface area contributed by atoms with E-state index in [4.69, 9.17) is 4.74 Å². The van der Waals surface area contributed by atoms with E-state index in [1.54, 1.807) is 7.11 Å². The number of nitrogens with one attached hydrogen (secondary N) is 1. The molecule has 1 saturated carbocycles. The van der Waals surface area contributed by atoms with Crippen molar-refractivity contribution in [3.05, 3.63) is 23.0 Å². The fourth-order valence-electron chi connectivity index (χ4n) is 5.24. The van der Waals surface area contributed by atoms with Crippen molar-refractivity contribution in [2.45, 2.75) is 57.4 Å². The zero-order chi connectivity index (χ0) is 18.0. The van der Waals surface area contributed by atoms with Crippen molar-refractivity contribution in [3.8, 4) is 11.8 Å². The molecule has 26 heavy (non-hydrogen) atoms.